The molecule has 3 aromatic rings. The highest BCUT2D eigenvalue weighted by Crippen LogP contribution is 2.36. The van der Waals surface area contributed by atoms with E-state index in [1.807, 2.05) is 42.5 Å². The Kier molecular flexibility index (Phi) is 3.09. The van der Waals surface area contributed by atoms with Crippen molar-refractivity contribution in [1.29, 1.82) is 0 Å². The summed E-state index contributed by atoms with van der Waals surface area (Å²) >= 11 is 0. The van der Waals surface area contributed by atoms with Crippen molar-refractivity contribution in [2.24, 2.45) is 0 Å². The molecule has 0 aliphatic carbocycles. The molecular formula is C15H13N3O2. The van der Waals surface area contributed by atoms with E-state index in [2.05, 4.69) is 10.1 Å². The number of rotatable bonds is 3. The quantitative estimate of drug-likeness (QED) is 0.789. The molecule has 0 spiro atoms. The number of hydrogen-bond acceptors (Lipinski definition) is 5. The number of methoxy groups -OCH3 is 1. The van der Waals surface area contributed by atoms with Gasteiger partial charge in [-0.15, -0.1) is 0 Å². The second-order valence-electron chi connectivity index (χ2n) is 4.22. The van der Waals surface area contributed by atoms with Gasteiger partial charge in [-0.2, -0.15) is 0 Å². The number of aromatic nitrogens is 2. The second-order valence-corrected chi connectivity index (χ2v) is 4.22. The fourth-order valence-electron chi connectivity index (χ4n) is 2.03. The molecule has 2 aromatic heterocycles. The highest BCUT2D eigenvalue weighted by atomic mass is 16.5. The minimum Gasteiger partial charge on any atom is -0.497 e. The molecule has 0 aliphatic heterocycles. The number of ether oxygens (including phenoxy) is 1. The fraction of sp³-hybridized carbons (Fsp3) is 0.0667. The molecule has 0 aliphatic rings. The van der Waals surface area contributed by atoms with E-state index in [9.17, 15) is 0 Å². The first-order chi connectivity index (χ1) is 9.79. The van der Waals surface area contributed by atoms with Crippen LogP contribution in [0.1, 0.15) is 0 Å². The van der Waals surface area contributed by atoms with E-state index in [0.717, 1.165) is 16.9 Å². The maximum Gasteiger partial charge on any atom is 0.195 e. The first-order valence-electron chi connectivity index (χ1n) is 6.10. The highest BCUT2D eigenvalue weighted by Gasteiger charge is 2.18. The first-order valence-corrected chi connectivity index (χ1v) is 6.10. The Morgan fingerprint density at radius 3 is 2.80 bits per heavy atom. The van der Waals surface area contributed by atoms with Gasteiger partial charge in [0.2, 0.25) is 0 Å². The average Bonchev–Trinajstić information content (AvgIpc) is 2.90. The molecule has 0 radical (unpaired) electrons. The van der Waals surface area contributed by atoms with Gasteiger partial charge in [-0.3, -0.25) is 4.98 Å². The van der Waals surface area contributed by atoms with Crippen molar-refractivity contribution in [3.05, 3.63) is 48.7 Å². The second kappa shape index (κ2) is 5.05. The lowest BCUT2D eigenvalue weighted by atomic mass is 10.0. The summed E-state index contributed by atoms with van der Waals surface area (Å²) < 4.78 is 10.6. The lowest BCUT2D eigenvalue weighted by Gasteiger charge is -2.04. The molecule has 3 rings (SSSR count). The molecule has 5 heteroatoms. The van der Waals surface area contributed by atoms with Crippen LogP contribution in [0.25, 0.3) is 22.6 Å². The van der Waals surface area contributed by atoms with Gasteiger partial charge in [-0.25, -0.2) is 0 Å². The molecule has 1 aromatic carbocycles. The Morgan fingerprint density at radius 2 is 2.05 bits per heavy atom. The normalized spacial score (nSPS) is 10.4. The SMILES string of the molecule is COc1cccc(-c2c(N)noc2-c2ccccn2)c1. The standard InChI is InChI=1S/C15H13N3O2/c1-19-11-6-4-5-10(9-11)13-14(20-18-15(13)16)12-7-2-3-8-17-12/h2-9H,1H3,(H2,16,18). The number of anilines is 1. The van der Waals surface area contributed by atoms with Gasteiger partial charge >= 0.3 is 0 Å². The molecule has 20 heavy (non-hydrogen) atoms. The van der Waals surface area contributed by atoms with Gasteiger partial charge in [-0.1, -0.05) is 23.4 Å². The van der Waals surface area contributed by atoms with Gasteiger partial charge in [0.1, 0.15) is 11.4 Å². The minimum atomic E-state index is 0.332. The third-order valence-electron chi connectivity index (χ3n) is 2.97. The fourth-order valence-corrected chi connectivity index (χ4v) is 2.03. The summed E-state index contributed by atoms with van der Waals surface area (Å²) in [5.74, 6) is 1.63. The van der Waals surface area contributed by atoms with E-state index >= 15 is 0 Å². The third kappa shape index (κ3) is 2.09. The van der Waals surface area contributed by atoms with Crippen LogP contribution in [0.3, 0.4) is 0 Å². The topological polar surface area (TPSA) is 74.2 Å². The van der Waals surface area contributed by atoms with Crippen molar-refractivity contribution in [2.75, 3.05) is 12.8 Å². The smallest absolute Gasteiger partial charge is 0.195 e. The summed E-state index contributed by atoms with van der Waals surface area (Å²) in [6.45, 7) is 0. The zero-order chi connectivity index (χ0) is 13.9. The van der Waals surface area contributed by atoms with Gasteiger partial charge in [0, 0.05) is 6.20 Å². The van der Waals surface area contributed by atoms with Gasteiger partial charge in [0.05, 0.1) is 12.7 Å². The van der Waals surface area contributed by atoms with E-state index in [4.69, 9.17) is 15.0 Å². The predicted molar refractivity (Wildman–Crippen MR) is 76.1 cm³/mol. The van der Waals surface area contributed by atoms with E-state index in [1.54, 1.807) is 13.3 Å². The summed E-state index contributed by atoms with van der Waals surface area (Å²) in [5.41, 5.74) is 8.22. The monoisotopic (exact) mass is 267 g/mol. The van der Waals surface area contributed by atoms with Crippen molar-refractivity contribution >= 4 is 5.82 Å². The molecular weight excluding hydrogens is 254 g/mol. The zero-order valence-electron chi connectivity index (χ0n) is 10.9. The predicted octanol–water partition coefficient (Wildman–Crippen LogP) is 2.99. The van der Waals surface area contributed by atoms with Crippen molar-refractivity contribution in [3.8, 4) is 28.3 Å². The number of pyridine rings is 1. The van der Waals surface area contributed by atoms with Gasteiger partial charge in [-0.05, 0) is 29.8 Å². The third-order valence-corrected chi connectivity index (χ3v) is 2.97. The Morgan fingerprint density at radius 1 is 1.15 bits per heavy atom. The van der Waals surface area contributed by atoms with E-state index in [-0.39, 0.29) is 0 Å². The van der Waals surface area contributed by atoms with Crippen LogP contribution >= 0.6 is 0 Å². The average molecular weight is 267 g/mol. The lowest BCUT2D eigenvalue weighted by Crippen LogP contribution is -1.90. The van der Waals surface area contributed by atoms with Crippen LogP contribution in [0, 0.1) is 0 Å². The number of nitrogen functional groups attached to an aromatic ring is 1. The number of nitrogens with two attached hydrogens (primary N) is 1. The minimum absolute atomic E-state index is 0.332. The van der Waals surface area contributed by atoms with Crippen LogP contribution in [0.15, 0.2) is 53.2 Å². The lowest BCUT2D eigenvalue weighted by molar-refractivity contribution is 0.415. The van der Waals surface area contributed by atoms with E-state index in [1.165, 1.54) is 0 Å². The largest absolute Gasteiger partial charge is 0.497 e. The summed E-state index contributed by atoms with van der Waals surface area (Å²) in [6, 6.07) is 13.2. The molecule has 2 N–H and O–H groups in total. The summed E-state index contributed by atoms with van der Waals surface area (Å²) in [4.78, 5) is 4.27. The van der Waals surface area contributed by atoms with E-state index < -0.39 is 0 Å². The van der Waals surface area contributed by atoms with Crippen LogP contribution in [0.2, 0.25) is 0 Å². The molecule has 0 saturated heterocycles. The number of hydrogen-bond donors (Lipinski definition) is 1. The molecule has 0 amide bonds. The molecule has 0 atom stereocenters. The highest BCUT2D eigenvalue weighted by molar-refractivity contribution is 5.85. The molecule has 0 fully saturated rings. The Hall–Kier alpha value is -2.82. The van der Waals surface area contributed by atoms with Crippen molar-refractivity contribution in [2.45, 2.75) is 0 Å². The van der Waals surface area contributed by atoms with Crippen LogP contribution in [-0.4, -0.2) is 17.3 Å². The Labute approximate surface area is 116 Å². The van der Waals surface area contributed by atoms with Crippen molar-refractivity contribution in [1.82, 2.24) is 10.1 Å². The molecule has 2 heterocycles. The van der Waals surface area contributed by atoms with Gasteiger partial charge in [0.15, 0.2) is 11.6 Å². The van der Waals surface area contributed by atoms with Gasteiger partial charge < -0.3 is 15.0 Å². The summed E-state index contributed by atoms with van der Waals surface area (Å²) in [5, 5.41) is 3.85. The summed E-state index contributed by atoms with van der Waals surface area (Å²) in [7, 11) is 1.62. The maximum atomic E-state index is 5.93. The number of nitrogens with zero attached hydrogens (tertiary/aromatic N) is 2. The van der Waals surface area contributed by atoms with Crippen LogP contribution < -0.4 is 10.5 Å². The molecule has 0 saturated carbocycles. The first kappa shape index (κ1) is 12.2. The molecule has 5 nitrogen and oxygen atoms in total. The molecule has 0 unspecified atom stereocenters. The number of benzene rings is 1. The Bertz CT molecular complexity index is 723. The summed E-state index contributed by atoms with van der Waals surface area (Å²) in [6.07, 6.45) is 1.70. The Balaban J connectivity index is 2.16. The van der Waals surface area contributed by atoms with Crippen LogP contribution in [0.4, 0.5) is 5.82 Å². The van der Waals surface area contributed by atoms with Crippen molar-refractivity contribution in [3.63, 3.8) is 0 Å². The van der Waals surface area contributed by atoms with Crippen LogP contribution in [0.5, 0.6) is 5.75 Å². The van der Waals surface area contributed by atoms with E-state index in [0.29, 0.717) is 17.3 Å². The zero-order valence-corrected chi connectivity index (χ0v) is 10.9. The molecule has 0 bridgehead atoms. The van der Waals surface area contributed by atoms with Crippen LogP contribution in [-0.2, 0) is 0 Å². The maximum absolute atomic E-state index is 5.93. The molecule has 100 valence electrons. The van der Waals surface area contributed by atoms with Crippen molar-refractivity contribution < 1.29 is 9.26 Å². The van der Waals surface area contributed by atoms with Gasteiger partial charge in [0.25, 0.3) is 0 Å².